The van der Waals surface area contributed by atoms with Gasteiger partial charge in [0, 0.05) is 12.6 Å². The second-order valence-electron chi connectivity index (χ2n) is 6.42. The third kappa shape index (κ3) is 3.65. The molecule has 1 unspecified atom stereocenters. The van der Waals surface area contributed by atoms with Gasteiger partial charge in [-0.3, -0.25) is 23.8 Å². The van der Waals surface area contributed by atoms with Crippen LogP contribution in [-0.4, -0.2) is 41.0 Å². The first-order chi connectivity index (χ1) is 12.8. The third-order valence-electron chi connectivity index (χ3n) is 4.42. The van der Waals surface area contributed by atoms with Crippen molar-refractivity contribution in [2.75, 3.05) is 17.3 Å². The zero-order chi connectivity index (χ0) is 19.7. The van der Waals surface area contributed by atoms with Crippen molar-refractivity contribution in [2.45, 2.75) is 25.9 Å². The van der Waals surface area contributed by atoms with Gasteiger partial charge in [-0.25, -0.2) is 9.69 Å². The lowest BCUT2D eigenvalue weighted by molar-refractivity contribution is -0.746. The fourth-order valence-electron chi connectivity index (χ4n) is 3.01. The maximum atomic E-state index is 12.8. The molecule has 0 saturated carbocycles. The molecule has 1 aromatic carbocycles. The van der Waals surface area contributed by atoms with E-state index in [-0.39, 0.29) is 30.7 Å². The monoisotopic (exact) mass is 374 g/mol. The number of likely N-dealkylation sites (N-methyl/N-ethyl adjacent to an activating group) is 1. The molecular formula is C17H20N5O5+. The number of hydrogen-bond acceptors (Lipinski definition) is 6. The zero-order valence-electron chi connectivity index (χ0n) is 15.2. The predicted molar refractivity (Wildman–Crippen MR) is 93.6 cm³/mol. The van der Waals surface area contributed by atoms with Gasteiger partial charge in [0.1, 0.15) is 0 Å². The number of carbonyl (C=O) groups excluding carboxylic acids is 3. The van der Waals surface area contributed by atoms with Crippen molar-refractivity contribution in [3.05, 3.63) is 40.4 Å². The number of aryl methyl sites for hydroxylation is 1. The Balaban J connectivity index is 1.76. The van der Waals surface area contributed by atoms with Gasteiger partial charge in [-0.1, -0.05) is 4.68 Å². The molecule has 2 heterocycles. The summed E-state index contributed by atoms with van der Waals surface area (Å²) in [5.41, 5.74) is 0.829. The molecule has 2 N–H and O–H groups in total. The summed E-state index contributed by atoms with van der Waals surface area (Å²) in [5, 5.41) is 5.04. The number of aromatic nitrogens is 2. The highest BCUT2D eigenvalue weighted by Crippen LogP contribution is 2.26. The van der Waals surface area contributed by atoms with E-state index < -0.39 is 11.7 Å². The Morgan fingerprint density at radius 3 is 2.56 bits per heavy atom. The largest absolute Gasteiger partial charge is 0.431 e. The minimum Gasteiger partial charge on any atom is -0.326 e. The number of H-pyrrole nitrogens is 1. The van der Waals surface area contributed by atoms with Gasteiger partial charge in [-0.05, 0) is 36.6 Å². The maximum Gasteiger partial charge on any atom is 0.431 e. The minimum atomic E-state index is -0.679. The molecule has 1 aliphatic rings. The van der Waals surface area contributed by atoms with Crippen LogP contribution in [0.15, 0.2) is 33.6 Å². The number of imide groups is 1. The fourth-order valence-corrected chi connectivity index (χ4v) is 3.01. The van der Waals surface area contributed by atoms with Crippen molar-refractivity contribution in [1.29, 1.82) is 0 Å². The number of amides is 3. The highest BCUT2D eigenvalue weighted by molar-refractivity contribution is 6.22. The number of nitrogens with zero attached hydrogens (tertiary/aromatic N) is 3. The van der Waals surface area contributed by atoms with Gasteiger partial charge in [0.2, 0.25) is 11.8 Å². The first kappa shape index (κ1) is 18.5. The second kappa shape index (κ2) is 7.16. The van der Waals surface area contributed by atoms with E-state index in [2.05, 4.69) is 10.6 Å². The standard InChI is InChI=1S/C17H19N5O5/c1-10(23)18-11-4-6-12(7-5-11)22-15(24)8-13(16(22)25)20(2)9-14-17(26)27-19-21(14)3/h4-7,13H,8-9H2,1-3H3,(H-,18,19,23,26)/p+1. The van der Waals surface area contributed by atoms with Crippen LogP contribution in [0.1, 0.15) is 19.0 Å². The summed E-state index contributed by atoms with van der Waals surface area (Å²) in [7, 11) is 3.30. The number of nitrogens with one attached hydrogen (secondary N) is 2. The number of benzene rings is 1. The zero-order valence-corrected chi connectivity index (χ0v) is 15.2. The Morgan fingerprint density at radius 1 is 1.33 bits per heavy atom. The lowest BCUT2D eigenvalue weighted by atomic mass is 10.2. The molecule has 0 spiro atoms. The first-order valence-corrected chi connectivity index (χ1v) is 8.29. The van der Waals surface area contributed by atoms with Gasteiger partial charge in [-0.15, -0.1) is 0 Å². The maximum absolute atomic E-state index is 12.8. The molecule has 1 aromatic heterocycles. The van der Waals surface area contributed by atoms with Gasteiger partial charge in [-0.2, -0.15) is 0 Å². The van der Waals surface area contributed by atoms with Gasteiger partial charge >= 0.3 is 11.3 Å². The summed E-state index contributed by atoms with van der Waals surface area (Å²) in [6.07, 6.45) is 0.0161. The fraction of sp³-hybridized carbons (Fsp3) is 0.353. The molecule has 142 valence electrons. The lowest BCUT2D eigenvalue weighted by Crippen LogP contribution is -2.44. The lowest BCUT2D eigenvalue weighted by Gasteiger charge is -2.21. The Bertz CT molecular complexity index is 945. The average molecular weight is 374 g/mol. The van der Waals surface area contributed by atoms with Crippen molar-refractivity contribution in [2.24, 2.45) is 7.05 Å². The van der Waals surface area contributed by atoms with E-state index in [0.29, 0.717) is 17.1 Å². The highest BCUT2D eigenvalue weighted by atomic mass is 16.5. The number of rotatable bonds is 5. The van der Waals surface area contributed by atoms with Crippen LogP contribution in [0.3, 0.4) is 0 Å². The topological polar surface area (TPSA) is 120 Å². The summed E-state index contributed by atoms with van der Waals surface area (Å²) in [5.74, 6) is -0.896. The molecule has 0 bridgehead atoms. The summed E-state index contributed by atoms with van der Waals surface area (Å²) < 4.78 is 6.13. The average Bonchev–Trinajstić information content (AvgIpc) is 3.08. The second-order valence-corrected chi connectivity index (χ2v) is 6.42. The van der Waals surface area contributed by atoms with Crippen LogP contribution in [0, 0.1) is 0 Å². The molecule has 0 aliphatic carbocycles. The van der Waals surface area contributed by atoms with Gasteiger partial charge in [0.25, 0.3) is 5.91 Å². The molecular weight excluding hydrogens is 354 g/mol. The number of anilines is 2. The third-order valence-corrected chi connectivity index (χ3v) is 4.42. The van der Waals surface area contributed by atoms with Crippen molar-refractivity contribution < 1.29 is 23.6 Å². The van der Waals surface area contributed by atoms with Crippen molar-refractivity contribution in [3.8, 4) is 0 Å². The summed E-state index contributed by atoms with van der Waals surface area (Å²) in [6.45, 7) is 1.55. The molecule has 1 fully saturated rings. The van der Waals surface area contributed by atoms with Gasteiger partial charge in [0.15, 0.2) is 7.05 Å². The predicted octanol–water partition coefficient (Wildman–Crippen LogP) is -0.485. The quantitative estimate of drug-likeness (QED) is 0.539. The van der Waals surface area contributed by atoms with Gasteiger partial charge in [0.05, 0.1) is 24.7 Å². The van der Waals surface area contributed by atoms with E-state index in [1.807, 2.05) is 0 Å². The molecule has 2 aromatic rings. The van der Waals surface area contributed by atoms with Crippen LogP contribution in [0.25, 0.3) is 0 Å². The van der Waals surface area contributed by atoms with Gasteiger partial charge < -0.3 is 5.32 Å². The summed E-state index contributed by atoms with van der Waals surface area (Å²) in [6, 6.07) is 5.77. The molecule has 0 radical (unpaired) electrons. The van der Waals surface area contributed by atoms with Crippen LogP contribution in [-0.2, 0) is 28.0 Å². The van der Waals surface area contributed by atoms with Crippen LogP contribution < -0.4 is 20.5 Å². The van der Waals surface area contributed by atoms with E-state index in [9.17, 15) is 19.2 Å². The highest BCUT2D eigenvalue weighted by Gasteiger charge is 2.42. The molecule has 1 aliphatic heterocycles. The normalized spacial score (nSPS) is 17.0. The van der Waals surface area contributed by atoms with E-state index in [1.165, 1.54) is 11.6 Å². The molecule has 1 atom stereocenters. The number of aromatic amines is 1. The van der Waals surface area contributed by atoms with E-state index >= 15 is 0 Å². The Labute approximate surface area is 154 Å². The van der Waals surface area contributed by atoms with Crippen molar-refractivity contribution in [1.82, 2.24) is 10.2 Å². The number of carbonyl (C=O) groups is 3. The van der Waals surface area contributed by atoms with E-state index in [4.69, 9.17) is 4.52 Å². The Morgan fingerprint density at radius 2 is 2.00 bits per heavy atom. The van der Waals surface area contributed by atoms with E-state index in [1.54, 1.807) is 43.3 Å². The Kier molecular flexibility index (Phi) is 4.91. The smallest absolute Gasteiger partial charge is 0.326 e. The van der Waals surface area contributed by atoms with Crippen LogP contribution in [0.4, 0.5) is 11.4 Å². The number of hydrogen-bond donors (Lipinski definition) is 2. The van der Waals surface area contributed by atoms with Crippen LogP contribution >= 0.6 is 0 Å². The molecule has 27 heavy (non-hydrogen) atoms. The van der Waals surface area contributed by atoms with Crippen LogP contribution in [0.2, 0.25) is 0 Å². The molecule has 10 nitrogen and oxygen atoms in total. The van der Waals surface area contributed by atoms with E-state index in [0.717, 1.165) is 4.90 Å². The SMILES string of the molecule is CC(=O)Nc1ccc(N2C(=O)CC(N(C)Cc3c(=O)o[nH][n+]3C)C2=O)cc1. The summed E-state index contributed by atoms with van der Waals surface area (Å²) >= 11 is 0. The Hall–Kier alpha value is -3.27. The molecule has 1 saturated heterocycles. The van der Waals surface area contributed by atoms with Crippen molar-refractivity contribution >= 4 is 29.1 Å². The minimum absolute atomic E-state index is 0.0161. The first-order valence-electron chi connectivity index (χ1n) is 8.29. The molecule has 3 rings (SSSR count). The molecule has 10 heteroatoms. The molecule has 3 amide bonds. The van der Waals surface area contributed by atoms with Crippen molar-refractivity contribution in [3.63, 3.8) is 0 Å². The summed E-state index contributed by atoms with van der Waals surface area (Å²) in [4.78, 5) is 50.8. The van der Waals surface area contributed by atoms with Crippen LogP contribution in [0.5, 0.6) is 0 Å².